The van der Waals surface area contributed by atoms with Crippen LogP contribution in [0.1, 0.15) is 44.6 Å². The van der Waals surface area contributed by atoms with Crippen molar-refractivity contribution in [3.63, 3.8) is 0 Å². The first-order chi connectivity index (χ1) is 8.76. The topological polar surface area (TPSA) is 12.0 Å². The van der Waals surface area contributed by atoms with Gasteiger partial charge in [0.2, 0.25) is 0 Å². The summed E-state index contributed by atoms with van der Waals surface area (Å²) in [6, 6.07) is 8.65. The van der Waals surface area contributed by atoms with Gasteiger partial charge in [0.1, 0.15) is 0 Å². The van der Waals surface area contributed by atoms with E-state index in [1.807, 2.05) is 7.05 Å². The Balaban J connectivity index is 2.18. The lowest BCUT2D eigenvalue weighted by Gasteiger charge is -2.32. The van der Waals surface area contributed by atoms with E-state index in [9.17, 15) is 0 Å². The zero-order chi connectivity index (χ0) is 13.0. The number of benzene rings is 1. The van der Waals surface area contributed by atoms with Gasteiger partial charge in [0.05, 0.1) is 0 Å². The Hall–Kier alpha value is -1.24. The molecule has 1 saturated carbocycles. The smallest absolute Gasteiger partial charge is 0.0343 e. The van der Waals surface area contributed by atoms with E-state index >= 15 is 0 Å². The highest BCUT2D eigenvalue weighted by Crippen LogP contribution is 2.40. The van der Waals surface area contributed by atoms with E-state index in [0.29, 0.717) is 5.92 Å². The Morgan fingerprint density at radius 3 is 2.83 bits per heavy atom. The molecule has 2 rings (SSSR count). The maximum absolute atomic E-state index is 4.39. The van der Waals surface area contributed by atoms with Crippen molar-refractivity contribution in [2.75, 3.05) is 12.4 Å². The van der Waals surface area contributed by atoms with Crippen molar-refractivity contribution in [3.05, 3.63) is 36.4 Å². The standard InChI is InChI=1S/C17H25N/c1-4-14-8-5-6-11-17(14)13(2)15-9-7-10-16(12-15)18-3/h7,9-10,12,14,17-18H,2,4-6,8,11H2,1,3H3. The van der Waals surface area contributed by atoms with Crippen LogP contribution in [-0.2, 0) is 0 Å². The summed E-state index contributed by atoms with van der Waals surface area (Å²) in [6.45, 7) is 6.71. The van der Waals surface area contributed by atoms with Crippen LogP contribution in [0, 0.1) is 11.8 Å². The van der Waals surface area contributed by atoms with Crippen molar-refractivity contribution in [3.8, 4) is 0 Å². The van der Waals surface area contributed by atoms with Gasteiger partial charge < -0.3 is 5.32 Å². The zero-order valence-corrected chi connectivity index (χ0v) is 11.7. The van der Waals surface area contributed by atoms with E-state index in [0.717, 1.165) is 5.92 Å². The van der Waals surface area contributed by atoms with Crippen LogP contribution in [0.5, 0.6) is 0 Å². The first-order valence-corrected chi connectivity index (χ1v) is 7.23. The van der Waals surface area contributed by atoms with Gasteiger partial charge in [0.15, 0.2) is 0 Å². The maximum atomic E-state index is 4.39. The molecule has 1 aliphatic rings. The molecule has 2 atom stereocenters. The molecule has 0 heterocycles. The Labute approximate surface area is 111 Å². The monoisotopic (exact) mass is 243 g/mol. The quantitative estimate of drug-likeness (QED) is 0.788. The Morgan fingerprint density at radius 1 is 1.33 bits per heavy atom. The van der Waals surface area contributed by atoms with Crippen LogP contribution in [-0.4, -0.2) is 7.05 Å². The zero-order valence-electron chi connectivity index (χ0n) is 11.7. The summed E-state index contributed by atoms with van der Waals surface area (Å²) in [4.78, 5) is 0. The van der Waals surface area contributed by atoms with Gasteiger partial charge in [0, 0.05) is 12.7 Å². The van der Waals surface area contributed by atoms with Crippen molar-refractivity contribution in [2.24, 2.45) is 11.8 Å². The highest BCUT2D eigenvalue weighted by atomic mass is 14.8. The normalized spacial score (nSPS) is 23.7. The second-order valence-electron chi connectivity index (χ2n) is 5.42. The lowest BCUT2D eigenvalue weighted by atomic mass is 9.73. The minimum Gasteiger partial charge on any atom is -0.388 e. The van der Waals surface area contributed by atoms with Gasteiger partial charge in [-0.15, -0.1) is 0 Å². The molecule has 1 fully saturated rings. The molecule has 0 radical (unpaired) electrons. The summed E-state index contributed by atoms with van der Waals surface area (Å²) in [5.74, 6) is 1.53. The first kappa shape index (κ1) is 13.2. The van der Waals surface area contributed by atoms with Crippen LogP contribution >= 0.6 is 0 Å². The lowest BCUT2D eigenvalue weighted by Crippen LogP contribution is -2.19. The van der Waals surface area contributed by atoms with Crippen molar-refractivity contribution >= 4 is 11.3 Å². The van der Waals surface area contributed by atoms with Gasteiger partial charge >= 0.3 is 0 Å². The van der Waals surface area contributed by atoms with Gasteiger partial charge in [-0.25, -0.2) is 0 Å². The minimum atomic E-state index is 0.691. The molecule has 0 amide bonds. The molecule has 1 aromatic rings. The van der Waals surface area contributed by atoms with E-state index in [-0.39, 0.29) is 0 Å². The summed E-state index contributed by atoms with van der Waals surface area (Å²) in [5.41, 5.74) is 3.84. The van der Waals surface area contributed by atoms with Crippen molar-refractivity contribution in [1.82, 2.24) is 0 Å². The predicted octanol–water partition coefficient (Wildman–Crippen LogP) is 4.96. The SMILES string of the molecule is C=C(c1cccc(NC)c1)C1CCCCC1CC. The van der Waals surface area contributed by atoms with E-state index in [1.165, 1.54) is 48.9 Å². The third-order valence-electron chi connectivity index (χ3n) is 4.40. The van der Waals surface area contributed by atoms with Crippen molar-refractivity contribution in [1.29, 1.82) is 0 Å². The molecule has 1 N–H and O–H groups in total. The van der Waals surface area contributed by atoms with Gasteiger partial charge in [-0.1, -0.05) is 44.9 Å². The maximum Gasteiger partial charge on any atom is 0.0343 e. The summed E-state index contributed by atoms with van der Waals surface area (Å²) >= 11 is 0. The molecule has 0 aliphatic heterocycles. The average Bonchev–Trinajstić information content (AvgIpc) is 2.46. The number of hydrogen-bond donors (Lipinski definition) is 1. The van der Waals surface area contributed by atoms with Crippen LogP contribution in [0.4, 0.5) is 5.69 Å². The summed E-state index contributed by atoms with van der Waals surface area (Å²) in [5, 5.41) is 3.21. The lowest BCUT2D eigenvalue weighted by molar-refractivity contribution is 0.285. The van der Waals surface area contributed by atoms with Gasteiger partial charge in [-0.3, -0.25) is 0 Å². The van der Waals surface area contributed by atoms with Gasteiger partial charge in [-0.05, 0) is 47.9 Å². The molecular weight excluding hydrogens is 218 g/mol. The van der Waals surface area contributed by atoms with Crippen molar-refractivity contribution in [2.45, 2.75) is 39.0 Å². The molecule has 98 valence electrons. The third-order valence-corrected chi connectivity index (χ3v) is 4.40. The predicted molar refractivity (Wildman–Crippen MR) is 80.8 cm³/mol. The molecule has 2 unspecified atom stereocenters. The number of hydrogen-bond acceptors (Lipinski definition) is 1. The van der Waals surface area contributed by atoms with Crippen molar-refractivity contribution < 1.29 is 0 Å². The van der Waals surface area contributed by atoms with Crippen LogP contribution in [0.25, 0.3) is 5.57 Å². The second-order valence-corrected chi connectivity index (χ2v) is 5.42. The molecule has 1 heteroatoms. The fraction of sp³-hybridized carbons (Fsp3) is 0.529. The molecule has 1 aromatic carbocycles. The fourth-order valence-corrected chi connectivity index (χ4v) is 3.24. The van der Waals surface area contributed by atoms with Gasteiger partial charge in [-0.2, -0.15) is 0 Å². The van der Waals surface area contributed by atoms with Crippen LogP contribution in [0.15, 0.2) is 30.8 Å². The van der Waals surface area contributed by atoms with E-state index in [2.05, 4.69) is 43.1 Å². The van der Waals surface area contributed by atoms with Gasteiger partial charge in [0.25, 0.3) is 0 Å². The molecular formula is C17H25N. The molecule has 0 aromatic heterocycles. The highest BCUT2D eigenvalue weighted by molar-refractivity contribution is 5.68. The Bertz CT molecular complexity index is 408. The van der Waals surface area contributed by atoms with E-state index in [1.54, 1.807) is 0 Å². The minimum absolute atomic E-state index is 0.691. The Kier molecular flexibility index (Phi) is 4.46. The number of nitrogens with one attached hydrogen (secondary N) is 1. The largest absolute Gasteiger partial charge is 0.388 e. The average molecular weight is 243 g/mol. The molecule has 0 bridgehead atoms. The number of allylic oxidation sites excluding steroid dienone is 1. The number of rotatable bonds is 4. The van der Waals surface area contributed by atoms with Crippen LogP contribution in [0.2, 0.25) is 0 Å². The molecule has 0 spiro atoms. The first-order valence-electron chi connectivity index (χ1n) is 7.23. The van der Waals surface area contributed by atoms with Crippen LogP contribution in [0.3, 0.4) is 0 Å². The fourth-order valence-electron chi connectivity index (χ4n) is 3.24. The second kappa shape index (κ2) is 6.08. The Morgan fingerprint density at radius 2 is 2.11 bits per heavy atom. The third kappa shape index (κ3) is 2.77. The summed E-state index contributed by atoms with van der Waals surface area (Å²) in [6.07, 6.45) is 6.76. The number of anilines is 1. The molecule has 18 heavy (non-hydrogen) atoms. The highest BCUT2D eigenvalue weighted by Gasteiger charge is 2.26. The van der Waals surface area contributed by atoms with Crippen LogP contribution < -0.4 is 5.32 Å². The summed E-state index contributed by atoms with van der Waals surface area (Å²) in [7, 11) is 1.97. The molecule has 1 aliphatic carbocycles. The molecule has 1 nitrogen and oxygen atoms in total. The molecule has 0 saturated heterocycles. The summed E-state index contributed by atoms with van der Waals surface area (Å²) < 4.78 is 0. The van der Waals surface area contributed by atoms with E-state index in [4.69, 9.17) is 0 Å². The van der Waals surface area contributed by atoms with E-state index < -0.39 is 0 Å².